The molecule has 14 heavy (non-hydrogen) atoms. The molecule has 10 N–H and O–H groups in total. The Kier molecular flexibility index (Phi) is 944. The molecule has 0 aliphatic heterocycles. The number of rotatable bonds is 1. The predicted octanol–water partition coefficient (Wildman–Crippen LogP) is -2.59. The first-order valence-electron chi connectivity index (χ1n) is 1.19. The molecule has 0 aromatic carbocycles. The molecule has 10 nitrogen and oxygen atoms in total. The maximum atomic E-state index is 9.24. The summed E-state index contributed by atoms with van der Waals surface area (Å²) in [6.07, 6.45) is 0. The maximum Gasteiger partial charge on any atom is 4.00 e. The Hall–Kier alpha value is 0.566. The molecular formula is C2H12AlNO9Zr. The third kappa shape index (κ3) is 255. The van der Waals surface area contributed by atoms with Crippen molar-refractivity contribution in [2.75, 3.05) is 6.54 Å². The van der Waals surface area contributed by atoms with Crippen molar-refractivity contribution in [3.63, 3.8) is 0 Å². The SMILES string of the molecule is NCC(=O)O.[Al+3].[OH-].[OH-].[OH-].[OH-].[OH-].[OH-].[OH-].[Zr+4]. The van der Waals surface area contributed by atoms with Crippen LogP contribution in [0.3, 0.4) is 0 Å². The molecule has 0 bridgehead atoms. The Morgan fingerprint density at radius 2 is 1.00 bits per heavy atom. The van der Waals surface area contributed by atoms with Crippen molar-refractivity contribution < 1.29 is 74.4 Å². The van der Waals surface area contributed by atoms with E-state index in [0.717, 1.165) is 0 Å². The van der Waals surface area contributed by atoms with Crippen LogP contribution in [0.1, 0.15) is 0 Å². The van der Waals surface area contributed by atoms with Crippen LogP contribution >= 0.6 is 0 Å². The van der Waals surface area contributed by atoms with Crippen molar-refractivity contribution in [2.45, 2.75) is 0 Å². The number of hydrogen-bond acceptors (Lipinski definition) is 9. The van der Waals surface area contributed by atoms with Gasteiger partial charge in [-0.25, -0.2) is 0 Å². The van der Waals surface area contributed by atoms with Crippen LogP contribution in [0.2, 0.25) is 0 Å². The Labute approximate surface area is 110 Å². The van der Waals surface area contributed by atoms with Gasteiger partial charge in [-0.1, -0.05) is 0 Å². The van der Waals surface area contributed by atoms with Crippen molar-refractivity contribution in [1.29, 1.82) is 0 Å². The molecule has 0 saturated heterocycles. The van der Waals surface area contributed by atoms with E-state index < -0.39 is 5.97 Å². The zero-order valence-electron chi connectivity index (χ0n) is 6.85. The molecule has 86 valence electrons. The van der Waals surface area contributed by atoms with Gasteiger partial charge in [-0.05, 0) is 0 Å². The van der Waals surface area contributed by atoms with E-state index >= 15 is 0 Å². The van der Waals surface area contributed by atoms with Crippen molar-refractivity contribution in [3.8, 4) is 0 Å². The van der Waals surface area contributed by atoms with Gasteiger partial charge in [0.25, 0.3) is 0 Å². The molecule has 0 aliphatic rings. The van der Waals surface area contributed by atoms with Gasteiger partial charge in [0.05, 0.1) is 6.54 Å². The number of aliphatic carboxylic acids is 1. The average Bonchev–Trinajstić information content (AvgIpc) is 1.38. The summed E-state index contributed by atoms with van der Waals surface area (Å²) in [6, 6.07) is 0. The summed E-state index contributed by atoms with van der Waals surface area (Å²) >= 11 is 0. The van der Waals surface area contributed by atoms with Gasteiger partial charge in [0.2, 0.25) is 0 Å². The summed E-state index contributed by atoms with van der Waals surface area (Å²) < 4.78 is 0. The number of nitrogens with two attached hydrogens (primary N) is 1. The topological polar surface area (TPSA) is 273 Å². The van der Waals surface area contributed by atoms with Crippen LogP contribution in [0.4, 0.5) is 0 Å². The molecule has 0 fully saturated rings. The van der Waals surface area contributed by atoms with Crippen LogP contribution in [-0.2, 0) is 31.0 Å². The minimum atomic E-state index is -0.968. The van der Waals surface area contributed by atoms with Gasteiger partial charge in [0.15, 0.2) is 0 Å². The molecular weight excluding hydrogens is 300 g/mol. The smallest absolute Gasteiger partial charge is 0.870 e. The standard InChI is InChI=1S/C2H5NO2.Al.7H2O.Zr/c3-1-2(4)5;;;;;;;;;/h1,3H2,(H,4,5);;7*1H2;/q;+3;;;;;;;;+4/p-7. The van der Waals surface area contributed by atoms with Gasteiger partial charge in [0.1, 0.15) is 0 Å². The minimum absolute atomic E-state index is 0. The fourth-order valence-corrected chi connectivity index (χ4v) is 0. The summed E-state index contributed by atoms with van der Waals surface area (Å²) in [5.41, 5.74) is 4.57. The zero-order chi connectivity index (χ0) is 4.28. The van der Waals surface area contributed by atoms with Crippen molar-refractivity contribution in [1.82, 2.24) is 0 Å². The number of carboxylic acids is 1. The van der Waals surface area contributed by atoms with Gasteiger partial charge >= 0.3 is 49.5 Å². The maximum absolute atomic E-state index is 9.24. The third-order valence-electron chi connectivity index (χ3n) is 0.175. The van der Waals surface area contributed by atoms with E-state index in [4.69, 9.17) is 5.11 Å². The Morgan fingerprint density at radius 1 is 0.929 bits per heavy atom. The first-order chi connectivity index (χ1) is 2.27. The summed E-state index contributed by atoms with van der Waals surface area (Å²) in [5.74, 6) is -0.968. The summed E-state index contributed by atoms with van der Waals surface area (Å²) in [6.45, 7) is -0.278. The molecule has 12 heteroatoms. The zero-order valence-corrected chi connectivity index (χ0v) is 10.5. The second-order valence-corrected chi connectivity index (χ2v) is 0.598. The van der Waals surface area contributed by atoms with Crippen molar-refractivity contribution in [2.24, 2.45) is 5.73 Å². The van der Waals surface area contributed by atoms with E-state index in [-0.39, 0.29) is 88.4 Å². The predicted molar refractivity (Wildman–Crippen MR) is 36.0 cm³/mol. The molecule has 0 spiro atoms. The van der Waals surface area contributed by atoms with Crippen LogP contribution in [0.15, 0.2) is 0 Å². The molecule has 0 unspecified atom stereocenters. The number of carboxylic acid groups (broad SMARTS) is 1. The molecule has 0 aromatic rings. The molecule has 0 aliphatic carbocycles. The fraction of sp³-hybridized carbons (Fsp3) is 0.500. The Bertz CT molecular complexity index is 58.1. The van der Waals surface area contributed by atoms with Gasteiger partial charge in [0, 0.05) is 0 Å². The van der Waals surface area contributed by atoms with Crippen LogP contribution in [0.5, 0.6) is 0 Å². The van der Waals surface area contributed by atoms with E-state index in [9.17, 15) is 4.79 Å². The van der Waals surface area contributed by atoms with Crippen LogP contribution in [0.25, 0.3) is 0 Å². The van der Waals surface area contributed by atoms with Gasteiger partial charge in [-0.3, -0.25) is 4.79 Å². The molecule has 0 radical (unpaired) electrons. The van der Waals surface area contributed by atoms with Crippen molar-refractivity contribution >= 4 is 23.3 Å². The molecule has 0 heterocycles. The van der Waals surface area contributed by atoms with Crippen LogP contribution in [-0.4, -0.2) is 73.3 Å². The normalized spacial score (nSPS) is 2.64. The van der Waals surface area contributed by atoms with Gasteiger partial charge in [-0.2, -0.15) is 0 Å². The van der Waals surface area contributed by atoms with E-state index in [1.807, 2.05) is 0 Å². The average molecular weight is 312 g/mol. The van der Waals surface area contributed by atoms with Gasteiger partial charge in [-0.15, -0.1) is 0 Å². The largest absolute Gasteiger partial charge is 4.00 e. The molecule has 0 aromatic heterocycles. The van der Waals surface area contributed by atoms with E-state index in [2.05, 4.69) is 5.73 Å². The summed E-state index contributed by atoms with van der Waals surface area (Å²) in [5, 5.41) is 7.60. The van der Waals surface area contributed by atoms with E-state index in [1.165, 1.54) is 0 Å². The summed E-state index contributed by atoms with van der Waals surface area (Å²) in [7, 11) is 0. The first kappa shape index (κ1) is 129. The molecule has 0 amide bonds. The minimum Gasteiger partial charge on any atom is -0.870 e. The van der Waals surface area contributed by atoms with E-state index in [0.29, 0.717) is 0 Å². The van der Waals surface area contributed by atoms with Crippen molar-refractivity contribution in [3.05, 3.63) is 0 Å². The first-order valence-corrected chi connectivity index (χ1v) is 1.19. The fourth-order valence-electron chi connectivity index (χ4n) is 0. The number of carbonyl (C=O) groups is 1. The quantitative estimate of drug-likeness (QED) is 0.476. The van der Waals surface area contributed by atoms with Crippen LogP contribution < -0.4 is 5.73 Å². The molecule has 0 atom stereocenters. The Morgan fingerprint density at radius 3 is 1.00 bits per heavy atom. The monoisotopic (exact) mass is 311 g/mol. The second kappa shape index (κ2) is 103. The van der Waals surface area contributed by atoms with Gasteiger partial charge < -0.3 is 49.2 Å². The Balaban J connectivity index is -0.00000000222. The summed E-state index contributed by atoms with van der Waals surface area (Å²) in [4.78, 5) is 9.24. The van der Waals surface area contributed by atoms with Crippen LogP contribution in [0, 0.1) is 0 Å². The molecule has 0 rings (SSSR count). The second-order valence-electron chi connectivity index (χ2n) is 0.598. The third-order valence-corrected chi connectivity index (χ3v) is 0.175. The van der Waals surface area contributed by atoms with E-state index in [1.54, 1.807) is 0 Å². The number of hydrogen-bond donors (Lipinski definition) is 2. The molecule has 0 saturated carbocycles.